The zero-order valence-corrected chi connectivity index (χ0v) is 37.1. The number of aliphatic hydroxyl groups excluding tert-OH is 9. The summed E-state index contributed by atoms with van der Waals surface area (Å²) in [6, 6.07) is 19.6. The van der Waals surface area contributed by atoms with Crippen LogP contribution in [0.25, 0.3) is 0 Å². The van der Waals surface area contributed by atoms with Gasteiger partial charge < -0.3 is 84.7 Å². The lowest BCUT2D eigenvalue weighted by Crippen LogP contribution is -2.60. The first-order valence-electron chi connectivity index (χ1n) is 21.4. The summed E-state index contributed by atoms with van der Waals surface area (Å²) in [6.07, 6.45) is -20.5. The number of halogens is 1. The van der Waals surface area contributed by atoms with Crippen molar-refractivity contribution in [2.75, 3.05) is 28.7 Å². The van der Waals surface area contributed by atoms with Gasteiger partial charge in [0.2, 0.25) is 14.3 Å². The number of amides is 4. The second-order valence-corrected chi connectivity index (χ2v) is 21.4. The first kappa shape index (κ1) is 49.1. The minimum absolute atomic E-state index is 0.0267. The van der Waals surface area contributed by atoms with Crippen molar-refractivity contribution in [3.05, 3.63) is 89.5 Å². The minimum atomic E-state index is -3.84. The van der Waals surface area contributed by atoms with Crippen LogP contribution in [0.3, 0.4) is 0 Å². The summed E-state index contributed by atoms with van der Waals surface area (Å²) in [4.78, 5) is 58.9. The second-order valence-electron chi connectivity index (χ2n) is 17.6. The van der Waals surface area contributed by atoms with Gasteiger partial charge in [0.15, 0.2) is 30.4 Å². The molecule has 66 heavy (non-hydrogen) atoms. The van der Waals surface area contributed by atoms with E-state index in [4.69, 9.17) is 14.2 Å². The third-order valence-electron chi connectivity index (χ3n) is 12.8. The third kappa shape index (κ3) is 9.38. The Bertz CT molecular complexity index is 2280. The van der Waals surface area contributed by atoms with Gasteiger partial charge >= 0.3 is 0 Å². The molecule has 22 heteroatoms. The smallest absolute Gasteiger partial charge is 0.264 e. The van der Waals surface area contributed by atoms with E-state index in [0.29, 0.717) is 5.56 Å². The zero-order valence-electron chi connectivity index (χ0n) is 36.1. The van der Waals surface area contributed by atoms with Crippen LogP contribution in [-0.2, 0) is 52.1 Å². The van der Waals surface area contributed by atoms with Crippen molar-refractivity contribution in [2.24, 2.45) is 5.92 Å². The van der Waals surface area contributed by atoms with Gasteiger partial charge in [-0.25, -0.2) is 0 Å². The number of anilines is 3. The van der Waals surface area contributed by atoms with Crippen LogP contribution in [0.5, 0.6) is 0 Å². The number of fused-ring (bicyclic) bond motifs is 2. The zero-order chi connectivity index (χ0) is 48.0. The molecule has 0 radical (unpaired) electrons. The molecule has 3 fully saturated rings. The van der Waals surface area contributed by atoms with E-state index in [1.54, 1.807) is 31.2 Å². The normalized spacial score (nSPS) is 33.1. The molecule has 4 amide bonds. The number of nitrogens with one attached hydrogen (secondary N) is 2. The van der Waals surface area contributed by atoms with Gasteiger partial charge in [-0.3, -0.25) is 19.2 Å². The van der Waals surface area contributed by atoms with Crippen molar-refractivity contribution < 1.29 is 83.5 Å². The maximum absolute atomic E-state index is 16.8. The molecule has 4 aliphatic rings. The molecule has 0 aromatic heterocycles. The second kappa shape index (κ2) is 19.4. The minimum Gasteiger partial charge on any atom is -0.395 e. The monoisotopic (exact) mass is 942 g/mol. The molecule has 3 aromatic carbocycles. The SMILES string of the molecule is C[C@H]1[C@H]([Si](C)(C)F)[C@@H](CC(=O)N(CCO)Cc2ccccc2)O[C@]12C(=O)N(Cc1cccc(NC(=O)[C@H]3O[C@@H](O)[C@H](O)[C@@H](O)[C@@H]3O)c1)c1ccc(NC(=O)[C@H]3O[C@@H](O)[C@H](O)[C@@H](O)[C@@H]3O)cc12. The predicted molar refractivity (Wildman–Crippen MR) is 231 cm³/mol. The van der Waals surface area contributed by atoms with E-state index in [0.717, 1.165) is 5.56 Å². The van der Waals surface area contributed by atoms with Crippen LogP contribution in [-0.4, -0.2) is 164 Å². The molecule has 3 saturated heterocycles. The number of carbonyl (C=O) groups excluding carboxylic acids is 4. The Morgan fingerprint density at radius 3 is 1.88 bits per heavy atom. The number of hydrogen-bond donors (Lipinski definition) is 11. The van der Waals surface area contributed by atoms with Gasteiger partial charge in [-0.1, -0.05) is 49.4 Å². The standard InChI is InChI=1S/C44H55FN4O16Si/c1-21-38(66(2,3)45)28(18-29(51)48(14-15-50)19-22-8-5-4-6-9-22)65-44(21)26-17-25(47-40(59)37-33(55)31(53)35(57)42(61)64-37)12-13-27(26)49(43(44)62)20-23-10-7-11-24(16-23)46-39(58)36-32(54)30(52)34(56)41(60)63-36/h4-13,16-17,21,28,30-38,41-42,50,52-57,60-61H,14-15,18-20H2,1-3H3,(H,46,58)(H,47,59)/t21-,28+,30-,31-,32-,33-,34+,35+,36-,37-,38-,41+,42+,44+/m0/s1. The Kier molecular flexibility index (Phi) is 14.5. The van der Waals surface area contributed by atoms with Gasteiger partial charge in [0.25, 0.3) is 17.7 Å². The summed E-state index contributed by atoms with van der Waals surface area (Å²) in [5.74, 6) is -4.04. The van der Waals surface area contributed by atoms with Gasteiger partial charge in [0.05, 0.1) is 31.4 Å². The number of nitrogens with zero attached hydrogens (tertiary/aromatic N) is 2. The summed E-state index contributed by atoms with van der Waals surface area (Å²) >= 11 is 0. The highest BCUT2D eigenvalue weighted by atomic mass is 28.4. The van der Waals surface area contributed by atoms with E-state index in [2.05, 4.69) is 10.6 Å². The molecule has 0 bridgehead atoms. The number of rotatable bonds is 13. The Balaban J connectivity index is 1.22. The molecule has 0 aliphatic carbocycles. The van der Waals surface area contributed by atoms with Crippen LogP contribution < -0.4 is 15.5 Å². The maximum Gasteiger partial charge on any atom is 0.264 e. The first-order valence-corrected chi connectivity index (χ1v) is 24.3. The molecule has 1 spiro atoms. The lowest BCUT2D eigenvalue weighted by molar-refractivity contribution is -0.274. The Hall–Kier alpha value is -4.79. The fourth-order valence-corrected chi connectivity index (χ4v) is 12.0. The topological polar surface area (TPSA) is 309 Å². The molecule has 0 unspecified atom stereocenters. The van der Waals surface area contributed by atoms with E-state index in [1.165, 1.54) is 53.2 Å². The van der Waals surface area contributed by atoms with Gasteiger partial charge in [0, 0.05) is 41.5 Å². The third-order valence-corrected chi connectivity index (χ3v) is 15.2. The van der Waals surface area contributed by atoms with Gasteiger partial charge in [-0.05, 0) is 54.6 Å². The summed E-state index contributed by atoms with van der Waals surface area (Å²) in [6.45, 7) is 4.13. The number of ether oxygens (including phenoxy) is 3. The number of hydrogen-bond acceptors (Lipinski definition) is 16. The maximum atomic E-state index is 16.8. The fourth-order valence-electron chi connectivity index (χ4n) is 9.51. The van der Waals surface area contributed by atoms with Crippen molar-refractivity contribution in [3.63, 3.8) is 0 Å². The summed E-state index contributed by atoms with van der Waals surface area (Å²) in [7, 11) is -3.84. The highest BCUT2D eigenvalue weighted by Gasteiger charge is 2.67. The van der Waals surface area contributed by atoms with Gasteiger partial charge in [-0.15, -0.1) is 0 Å². The highest BCUT2D eigenvalue weighted by Crippen LogP contribution is 2.60. The molecule has 3 aromatic rings. The van der Waals surface area contributed by atoms with Crippen LogP contribution in [0.2, 0.25) is 18.6 Å². The first-order chi connectivity index (χ1) is 31.2. The molecule has 4 aliphatic heterocycles. The Morgan fingerprint density at radius 1 is 0.758 bits per heavy atom. The van der Waals surface area contributed by atoms with Crippen LogP contribution in [0, 0.1) is 5.92 Å². The van der Waals surface area contributed by atoms with Crippen LogP contribution in [0.4, 0.5) is 21.2 Å². The number of benzene rings is 3. The highest BCUT2D eigenvalue weighted by molar-refractivity contribution is 6.72. The molecular weight excluding hydrogens is 888 g/mol. The number of carbonyl (C=O) groups is 4. The van der Waals surface area contributed by atoms with Crippen molar-refractivity contribution >= 4 is 49.1 Å². The molecule has 11 N–H and O–H groups in total. The molecular formula is C44H55FN4O16Si. The van der Waals surface area contributed by atoms with Crippen LogP contribution >= 0.6 is 0 Å². The molecule has 358 valence electrons. The van der Waals surface area contributed by atoms with E-state index in [1.807, 2.05) is 18.2 Å². The van der Waals surface area contributed by atoms with E-state index in [9.17, 15) is 60.3 Å². The molecule has 0 saturated carbocycles. The molecule has 4 heterocycles. The molecule has 20 nitrogen and oxygen atoms in total. The molecule has 14 atom stereocenters. The quantitative estimate of drug-likeness (QED) is 0.0716. The van der Waals surface area contributed by atoms with Crippen molar-refractivity contribution in [1.29, 1.82) is 0 Å². The lowest BCUT2D eigenvalue weighted by atomic mass is 9.82. The summed E-state index contributed by atoms with van der Waals surface area (Å²) in [5.41, 5.74) is -1.09. The largest absolute Gasteiger partial charge is 0.395 e. The van der Waals surface area contributed by atoms with E-state index >= 15 is 8.90 Å². The van der Waals surface area contributed by atoms with Crippen molar-refractivity contribution in [1.82, 2.24) is 4.90 Å². The molecule has 7 rings (SSSR count). The Labute approximate surface area is 378 Å². The lowest BCUT2D eigenvalue weighted by Gasteiger charge is -2.37. The van der Waals surface area contributed by atoms with Gasteiger partial charge in [-0.2, -0.15) is 0 Å². The fraction of sp³-hybridized carbons (Fsp3) is 0.500. The van der Waals surface area contributed by atoms with E-state index in [-0.39, 0.29) is 55.3 Å². The van der Waals surface area contributed by atoms with Crippen molar-refractivity contribution in [3.8, 4) is 0 Å². The average molecular weight is 943 g/mol. The Morgan fingerprint density at radius 2 is 1.32 bits per heavy atom. The summed E-state index contributed by atoms with van der Waals surface area (Å²) in [5, 5.41) is 96.2. The van der Waals surface area contributed by atoms with Gasteiger partial charge in [0.1, 0.15) is 36.6 Å². The van der Waals surface area contributed by atoms with Crippen molar-refractivity contribution in [2.45, 2.75) is 118 Å². The average Bonchev–Trinajstić information content (AvgIpc) is 3.70. The van der Waals surface area contributed by atoms with E-state index < -0.39 is 117 Å². The summed E-state index contributed by atoms with van der Waals surface area (Å²) < 4.78 is 33.8. The number of aliphatic hydroxyl groups is 9. The predicted octanol–water partition coefficient (Wildman–Crippen LogP) is -1.10. The van der Waals surface area contributed by atoms with Crippen LogP contribution in [0.1, 0.15) is 30.0 Å². The van der Waals surface area contributed by atoms with Crippen LogP contribution in [0.15, 0.2) is 72.8 Å².